The topological polar surface area (TPSA) is 29.3 Å². The zero-order valence-corrected chi connectivity index (χ0v) is 6.26. The van der Waals surface area contributed by atoms with Crippen molar-refractivity contribution in [3.8, 4) is 0 Å². The normalized spacial score (nSPS) is 42.8. The molecule has 4 heteroatoms. The fraction of sp³-hybridized carbons (Fsp3) is 1.00. The molecule has 0 aromatic carbocycles. The molecule has 2 nitrogen and oxygen atoms in total. The molecule has 1 aliphatic carbocycles. The predicted octanol–water partition coefficient (Wildman–Crippen LogP) is 0.837. The monoisotopic (exact) mass is 162 g/mol. The summed E-state index contributed by atoms with van der Waals surface area (Å²) in [5.74, 6) is 2.68. The van der Waals surface area contributed by atoms with Crippen molar-refractivity contribution in [3.05, 3.63) is 0 Å². The average molecular weight is 162 g/mol. The quantitative estimate of drug-likeness (QED) is 0.535. The first-order valence-corrected chi connectivity index (χ1v) is 3.97. The van der Waals surface area contributed by atoms with Crippen LogP contribution in [0.5, 0.6) is 0 Å². The van der Waals surface area contributed by atoms with Gasteiger partial charge < -0.3 is 0 Å². The van der Waals surface area contributed by atoms with Crippen LogP contribution in [0.15, 0.2) is 0 Å². The number of halogens is 2. The summed E-state index contributed by atoms with van der Waals surface area (Å²) in [7, 11) is 0. The van der Waals surface area contributed by atoms with Crippen molar-refractivity contribution < 1.29 is 8.78 Å². The number of fused-ring (bicyclic) bond motifs is 1. The van der Waals surface area contributed by atoms with Gasteiger partial charge in [-0.1, -0.05) is 0 Å². The highest BCUT2D eigenvalue weighted by Crippen LogP contribution is 2.47. The standard InChI is InChI=1S/C7H12F2N2/c8-7(9)2-1-5-3-11(10)4-6(5)7/h5-6H,1-4,10H2/t5-,6-/m1/s1. The molecule has 0 unspecified atom stereocenters. The summed E-state index contributed by atoms with van der Waals surface area (Å²) in [6.45, 7) is 1.03. The third kappa shape index (κ3) is 1.05. The molecule has 0 spiro atoms. The van der Waals surface area contributed by atoms with E-state index >= 15 is 0 Å². The molecule has 0 amide bonds. The van der Waals surface area contributed by atoms with Crippen LogP contribution in [-0.2, 0) is 0 Å². The van der Waals surface area contributed by atoms with Crippen molar-refractivity contribution in [2.45, 2.75) is 18.8 Å². The Kier molecular flexibility index (Phi) is 1.44. The van der Waals surface area contributed by atoms with Gasteiger partial charge in [0.1, 0.15) is 0 Å². The summed E-state index contributed by atoms with van der Waals surface area (Å²) in [6, 6.07) is 0. The minimum Gasteiger partial charge on any atom is -0.269 e. The Hall–Kier alpha value is -0.220. The second-order valence-electron chi connectivity index (χ2n) is 3.62. The van der Waals surface area contributed by atoms with Crippen LogP contribution in [0.25, 0.3) is 0 Å². The summed E-state index contributed by atoms with van der Waals surface area (Å²) < 4.78 is 26.0. The van der Waals surface area contributed by atoms with Gasteiger partial charge in [-0.2, -0.15) is 0 Å². The molecule has 0 aromatic rings. The van der Waals surface area contributed by atoms with Crippen molar-refractivity contribution in [1.29, 1.82) is 0 Å². The van der Waals surface area contributed by atoms with Gasteiger partial charge in [0.05, 0.1) is 0 Å². The molecule has 0 radical (unpaired) electrons. The fourth-order valence-electron chi connectivity index (χ4n) is 2.24. The second kappa shape index (κ2) is 2.14. The fourth-order valence-corrected chi connectivity index (χ4v) is 2.24. The summed E-state index contributed by atoms with van der Waals surface area (Å²) in [4.78, 5) is 0. The zero-order chi connectivity index (χ0) is 8.06. The van der Waals surface area contributed by atoms with E-state index in [-0.39, 0.29) is 12.3 Å². The molecule has 2 fully saturated rings. The molecule has 1 heterocycles. The number of hydrogen-bond donors (Lipinski definition) is 1. The van der Waals surface area contributed by atoms with Gasteiger partial charge >= 0.3 is 0 Å². The molecule has 2 N–H and O–H groups in total. The van der Waals surface area contributed by atoms with Crippen LogP contribution in [0.3, 0.4) is 0 Å². The van der Waals surface area contributed by atoms with E-state index in [0.717, 1.165) is 0 Å². The second-order valence-corrected chi connectivity index (χ2v) is 3.62. The summed E-state index contributed by atoms with van der Waals surface area (Å²) in [5, 5.41) is 1.52. The lowest BCUT2D eigenvalue weighted by Gasteiger charge is -2.17. The molecule has 0 aromatic heterocycles. The minimum absolute atomic E-state index is 0.0656. The van der Waals surface area contributed by atoms with E-state index in [1.807, 2.05) is 0 Å². The number of hydrazine groups is 1. The lowest BCUT2D eigenvalue weighted by molar-refractivity contribution is -0.0398. The maximum atomic E-state index is 13.0. The number of alkyl halides is 2. The van der Waals surface area contributed by atoms with Crippen molar-refractivity contribution >= 4 is 0 Å². The van der Waals surface area contributed by atoms with Gasteiger partial charge in [0.15, 0.2) is 0 Å². The van der Waals surface area contributed by atoms with E-state index in [0.29, 0.717) is 19.5 Å². The van der Waals surface area contributed by atoms with Crippen LogP contribution in [0.4, 0.5) is 8.78 Å². The molecule has 64 valence electrons. The molecule has 2 rings (SSSR count). The lowest BCUT2D eigenvalue weighted by Crippen LogP contribution is -2.32. The van der Waals surface area contributed by atoms with Crippen LogP contribution in [0.2, 0.25) is 0 Å². The number of nitrogens with two attached hydrogens (primary N) is 1. The largest absolute Gasteiger partial charge is 0.269 e. The van der Waals surface area contributed by atoms with Crippen molar-refractivity contribution in [3.63, 3.8) is 0 Å². The predicted molar refractivity (Wildman–Crippen MR) is 36.9 cm³/mol. The number of rotatable bonds is 0. The molecule has 1 aliphatic heterocycles. The van der Waals surface area contributed by atoms with E-state index in [1.54, 1.807) is 0 Å². The molecule has 1 saturated heterocycles. The first-order chi connectivity index (χ1) is 5.09. The van der Waals surface area contributed by atoms with E-state index < -0.39 is 11.8 Å². The Labute approximate surface area is 64.3 Å². The van der Waals surface area contributed by atoms with E-state index in [1.165, 1.54) is 5.01 Å². The Morgan fingerprint density at radius 1 is 1.36 bits per heavy atom. The smallest absolute Gasteiger partial charge is 0.252 e. The highest BCUT2D eigenvalue weighted by Gasteiger charge is 2.53. The van der Waals surface area contributed by atoms with Crippen molar-refractivity contribution in [2.75, 3.05) is 13.1 Å². The van der Waals surface area contributed by atoms with Crippen LogP contribution < -0.4 is 5.84 Å². The number of hydrogen-bond acceptors (Lipinski definition) is 2. The molecule has 1 saturated carbocycles. The summed E-state index contributed by atoms with van der Waals surface area (Å²) >= 11 is 0. The van der Waals surface area contributed by atoms with Gasteiger partial charge in [-0.3, -0.25) is 5.84 Å². The van der Waals surface area contributed by atoms with Gasteiger partial charge in [0, 0.05) is 25.4 Å². The van der Waals surface area contributed by atoms with E-state index in [9.17, 15) is 8.78 Å². The highest BCUT2D eigenvalue weighted by atomic mass is 19.3. The molecule has 11 heavy (non-hydrogen) atoms. The van der Waals surface area contributed by atoms with Crippen LogP contribution in [0.1, 0.15) is 12.8 Å². The van der Waals surface area contributed by atoms with Gasteiger partial charge in [-0.05, 0) is 12.3 Å². The Bertz CT molecular complexity index is 172. The SMILES string of the molecule is NN1C[C@H]2CCC(F)(F)[C@@H]2C1. The van der Waals surface area contributed by atoms with Gasteiger partial charge in [-0.25, -0.2) is 13.8 Å². The van der Waals surface area contributed by atoms with Crippen molar-refractivity contribution in [2.24, 2.45) is 17.7 Å². The Balaban J connectivity index is 2.13. The molecular formula is C7H12F2N2. The molecule has 0 bridgehead atoms. The first kappa shape index (κ1) is 7.43. The Morgan fingerprint density at radius 2 is 2.09 bits per heavy atom. The van der Waals surface area contributed by atoms with Crippen LogP contribution in [0, 0.1) is 11.8 Å². The van der Waals surface area contributed by atoms with Crippen LogP contribution in [-0.4, -0.2) is 24.0 Å². The number of nitrogens with zero attached hydrogens (tertiary/aromatic N) is 1. The molecule has 2 aliphatic rings. The van der Waals surface area contributed by atoms with Crippen LogP contribution >= 0.6 is 0 Å². The molecule has 2 atom stereocenters. The third-order valence-electron chi connectivity index (χ3n) is 2.86. The van der Waals surface area contributed by atoms with Gasteiger partial charge in [0.25, 0.3) is 5.92 Å². The molecular weight excluding hydrogens is 150 g/mol. The maximum Gasteiger partial charge on any atom is 0.252 e. The average Bonchev–Trinajstić information content (AvgIpc) is 2.35. The Morgan fingerprint density at radius 3 is 2.73 bits per heavy atom. The maximum absolute atomic E-state index is 13.0. The third-order valence-corrected chi connectivity index (χ3v) is 2.86. The first-order valence-electron chi connectivity index (χ1n) is 3.97. The van der Waals surface area contributed by atoms with E-state index in [2.05, 4.69) is 0 Å². The van der Waals surface area contributed by atoms with E-state index in [4.69, 9.17) is 5.84 Å². The minimum atomic E-state index is -2.45. The van der Waals surface area contributed by atoms with Gasteiger partial charge in [0.2, 0.25) is 0 Å². The summed E-state index contributed by atoms with van der Waals surface area (Å²) in [5.41, 5.74) is 0. The van der Waals surface area contributed by atoms with Crippen molar-refractivity contribution in [1.82, 2.24) is 5.01 Å². The lowest BCUT2D eigenvalue weighted by atomic mass is 9.99. The zero-order valence-electron chi connectivity index (χ0n) is 6.26. The van der Waals surface area contributed by atoms with Gasteiger partial charge in [-0.15, -0.1) is 0 Å². The highest BCUT2D eigenvalue weighted by molar-refractivity contribution is 4.96. The summed E-state index contributed by atoms with van der Waals surface area (Å²) in [6.07, 6.45) is 0.710.